The fourth-order valence-electron chi connectivity index (χ4n) is 2.27. The summed E-state index contributed by atoms with van der Waals surface area (Å²) < 4.78 is 13.4. The third-order valence-electron chi connectivity index (χ3n) is 3.53. The normalized spacial score (nSPS) is 18.9. The Kier molecular flexibility index (Phi) is 3.94. The molecule has 1 nitrogen and oxygen atoms in total. The minimum absolute atomic E-state index is 0.0622. The summed E-state index contributed by atoms with van der Waals surface area (Å²) in [6.45, 7) is 5.66. The molecule has 1 aromatic rings. The lowest BCUT2D eigenvalue weighted by molar-refractivity contribution is 0.194. The van der Waals surface area contributed by atoms with Crippen molar-refractivity contribution in [1.82, 2.24) is 4.90 Å². The Labute approximate surface area is 97.3 Å². The first kappa shape index (κ1) is 11.6. The van der Waals surface area contributed by atoms with E-state index in [9.17, 15) is 4.39 Å². The van der Waals surface area contributed by atoms with Gasteiger partial charge in [0.2, 0.25) is 0 Å². The summed E-state index contributed by atoms with van der Waals surface area (Å²) in [4.78, 5) is 2.45. The van der Waals surface area contributed by atoms with Crippen molar-refractivity contribution in [3.05, 3.63) is 35.6 Å². The third-order valence-corrected chi connectivity index (χ3v) is 3.53. The van der Waals surface area contributed by atoms with Crippen molar-refractivity contribution in [3.63, 3.8) is 0 Å². The van der Waals surface area contributed by atoms with Crippen LogP contribution in [0.4, 0.5) is 4.39 Å². The number of hydrogen-bond donors (Lipinski definition) is 0. The zero-order valence-electron chi connectivity index (χ0n) is 9.95. The second-order valence-electron chi connectivity index (χ2n) is 4.87. The molecule has 2 heteroatoms. The Balaban J connectivity index is 1.81. The average Bonchev–Trinajstić information content (AvgIpc) is 2.30. The standard InChI is InChI=1S/C14H20FN/c1-12-6-9-16(10-7-12)11-8-13-4-2-3-5-14(13)15/h2-5,12H,6-11H2,1H3. The Morgan fingerprint density at radius 1 is 1.25 bits per heavy atom. The van der Waals surface area contributed by atoms with Crippen molar-refractivity contribution < 1.29 is 4.39 Å². The summed E-state index contributed by atoms with van der Waals surface area (Å²) in [6.07, 6.45) is 3.41. The molecule has 1 saturated heterocycles. The average molecular weight is 221 g/mol. The van der Waals surface area contributed by atoms with Crippen molar-refractivity contribution in [2.75, 3.05) is 19.6 Å². The number of likely N-dealkylation sites (tertiary alicyclic amines) is 1. The van der Waals surface area contributed by atoms with Crippen LogP contribution in [0, 0.1) is 11.7 Å². The molecule has 0 amide bonds. The molecule has 0 bridgehead atoms. The molecule has 0 aromatic heterocycles. The Morgan fingerprint density at radius 2 is 1.94 bits per heavy atom. The van der Waals surface area contributed by atoms with E-state index in [1.165, 1.54) is 25.9 Å². The molecule has 88 valence electrons. The van der Waals surface area contributed by atoms with E-state index in [1.807, 2.05) is 12.1 Å². The lowest BCUT2D eigenvalue weighted by Crippen LogP contribution is -2.34. The predicted molar refractivity (Wildman–Crippen MR) is 64.9 cm³/mol. The highest BCUT2D eigenvalue weighted by molar-refractivity contribution is 5.17. The van der Waals surface area contributed by atoms with Gasteiger partial charge in [-0.25, -0.2) is 4.39 Å². The van der Waals surface area contributed by atoms with E-state index in [2.05, 4.69) is 11.8 Å². The van der Waals surface area contributed by atoms with Crippen LogP contribution in [0.5, 0.6) is 0 Å². The largest absolute Gasteiger partial charge is 0.303 e. The number of halogens is 1. The minimum Gasteiger partial charge on any atom is -0.303 e. The molecule has 2 rings (SSSR count). The summed E-state index contributed by atoms with van der Waals surface area (Å²) in [5.74, 6) is 0.803. The van der Waals surface area contributed by atoms with E-state index in [1.54, 1.807) is 12.1 Å². The molecule has 1 aliphatic rings. The molecule has 0 unspecified atom stereocenters. The Bertz CT molecular complexity index is 329. The molecule has 1 fully saturated rings. The van der Waals surface area contributed by atoms with Crippen molar-refractivity contribution in [2.45, 2.75) is 26.2 Å². The van der Waals surface area contributed by atoms with Gasteiger partial charge in [0.05, 0.1) is 0 Å². The first-order chi connectivity index (χ1) is 7.75. The van der Waals surface area contributed by atoms with Gasteiger partial charge in [0.15, 0.2) is 0 Å². The molecule has 16 heavy (non-hydrogen) atoms. The maximum absolute atomic E-state index is 13.4. The van der Waals surface area contributed by atoms with Gasteiger partial charge in [-0.3, -0.25) is 0 Å². The summed E-state index contributed by atoms with van der Waals surface area (Å²) in [6, 6.07) is 7.10. The smallest absolute Gasteiger partial charge is 0.126 e. The van der Waals surface area contributed by atoms with Gasteiger partial charge in [-0.1, -0.05) is 25.1 Å². The van der Waals surface area contributed by atoms with E-state index < -0.39 is 0 Å². The summed E-state index contributed by atoms with van der Waals surface area (Å²) in [5, 5.41) is 0. The fraction of sp³-hybridized carbons (Fsp3) is 0.571. The van der Waals surface area contributed by atoms with Crippen LogP contribution in [-0.2, 0) is 6.42 Å². The first-order valence-electron chi connectivity index (χ1n) is 6.21. The van der Waals surface area contributed by atoms with Gasteiger partial charge < -0.3 is 4.90 Å². The van der Waals surface area contributed by atoms with Crippen LogP contribution in [0.3, 0.4) is 0 Å². The zero-order chi connectivity index (χ0) is 11.4. The highest BCUT2D eigenvalue weighted by Gasteiger charge is 2.15. The molecule has 0 aliphatic carbocycles. The zero-order valence-corrected chi connectivity index (χ0v) is 9.95. The van der Waals surface area contributed by atoms with E-state index in [4.69, 9.17) is 0 Å². The lowest BCUT2D eigenvalue weighted by Gasteiger charge is -2.30. The molecule has 0 radical (unpaired) electrons. The second kappa shape index (κ2) is 5.44. The molecule has 0 atom stereocenters. The van der Waals surface area contributed by atoms with Crippen LogP contribution in [0.25, 0.3) is 0 Å². The highest BCUT2D eigenvalue weighted by Crippen LogP contribution is 2.16. The molecular weight excluding hydrogens is 201 g/mol. The number of hydrogen-bond acceptors (Lipinski definition) is 1. The first-order valence-corrected chi connectivity index (χ1v) is 6.21. The molecule has 1 aromatic carbocycles. The van der Waals surface area contributed by atoms with Gasteiger partial charge in [0, 0.05) is 6.54 Å². The molecule has 0 N–H and O–H groups in total. The van der Waals surface area contributed by atoms with E-state index in [0.717, 1.165) is 24.4 Å². The lowest BCUT2D eigenvalue weighted by atomic mass is 9.99. The van der Waals surface area contributed by atoms with Gasteiger partial charge in [-0.2, -0.15) is 0 Å². The predicted octanol–water partition coefficient (Wildman–Crippen LogP) is 3.10. The maximum atomic E-state index is 13.4. The number of rotatable bonds is 3. The van der Waals surface area contributed by atoms with Gasteiger partial charge >= 0.3 is 0 Å². The Hall–Kier alpha value is -0.890. The molecular formula is C14H20FN. The fourth-order valence-corrected chi connectivity index (χ4v) is 2.27. The van der Waals surface area contributed by atoms with Crippen LogP contribution >= 0.6 is 0 Å². The van der Waals surface area contributed by atoms with Crippen molar-refractivity contribution >= 4 is 0 Å². The maximum Gasteiger partial charge on any atom is 0.126 e. The van der Waals surface area contributed by atoms with E-state index >= 15 is 0 Å². The third kappa shape index (κ3) is 3.05. The van der Waals surface area contributed by atoms with Crippen LogP contribution in [0.15, 0.2) is 24.3 Å². The van der Waals surface area contributed by atoms with Crippen LogP contribution in [-0.4, -0.2) is 24.5 Å². The van der Waals surface area contributed by atoms with E-state index in [0.29, 0.717) is 0 Å². The number of piperidine rings is 1. The topological polar surface area (TPSA) is 3.24 Å². The number of benzene rings is 1. The second-order valence-corrected chi connectivity index (χ2v) is 4.87. The molecule has 0 spiro atoms. The SMILES string of the molecule is CC1CCN(CCc2ccccc2F)CC1. The molecule has 1 heterocycles. The number of nitrogens with zero attached hydrogens (tertiary/aromatic N) is 1. The quantitative estimate of drug-likeness (QED) is 0.758. The summed E-state index contributed by atoms with van der Waals surface area (Å²) in [7, 11) is 0. The van der Waals surface area contributed by atoms with Gasteiger partial charge in [-0.05, 0) is 49.9 Å². The van der Waals surface area contributed by atoms with Gasteiger partial charge in [0.1, 0.15) is 5.82 Å². The highest BCUT2D eigenvalue weighted by atomic mass is 19.1. The molecule has 1 aliphatic heterocycles. The minimum atomic E-state index is -0.0622. The Morgan fingerprint density at radius 3 is 2.62 bits per heavy atom. The van der Waals surface area contributed by atoms with Gasteiger partial charge in [-0.15, -0.1) is 0 Å². The van der Waals surface area contributed by atoms with Crippen molar-refractivity contribution in [3.8, 4) is 0 Å². The molecule has 0 saturated carbocycles. The summed E-state index contributed by atoms with van der Waals surface area (Å²) in [5.41, 5.74) is 0.848. The van der Waals surface area contributed by atoms with Crippen molar-refractivity contribution in [1.29, 1.82) is 0 Å². The van der Waals surface area contributed by atoms with E-state index in [-0.39, 0.29) is 5.82 Å². The summed E-state index contributed by atoms with van der Waals surface area (Å²) >= 11 is 0. The monoisotopic (exact) mass is 221 g/mol. The van der Waals surface area contributed by atoms with Crippen LogP contribution in [0.1, 0.15) is 25.3 Å². The van der Waals surface area contributed by atoms with Crippen LogP contribution < -0.4 is 0 Å². The van der Waals surface area contributed by atoms with Crippen molar-refractivity contribution in [2.24, 2.45) is 5.92 Å². The van der Waals surface area contributed by atoms with Crippen LogP contribution in [0.2, 0.25) is 0 Å². The van der Waals surface area contributed by atoms with Gasteiger partial charge in [0.25, 0.3) is 0 Å².